The predicted octanol–water partition coefficient (Wildman–Crippen LogP) is 3.21. The second-order valence-electron chi connectivity index (χ2n) is 5.13. The second-order valence-corrected chi connectivity index (χ2v) is 7.54. The Balaban J connectivity index is 1.66. The predicted molar refractivity (Wildman–Crippen MR) is 99.9 cm³/mol. The van der Waals surface area contributed by atoms with E-state index in [0.29, 0.717) is 15.9 Å². The van der Waals surface area contributed by atoms with Crippen LogP contribution in [0.3, 0.4) is 0 Å². The molecule has 2 heterocycles. The largest absolute Gasteiger partial charge is 0.273 e. The molecule has 0 saturated heterocycles. The topological polar surface area (TPSA) is 84.0 Å². The maximum absolute atomic E-state index is 12.9. The molecule has 2 N–H and O–H groups in total. The standard InChI is InChI=1S/C16H12ClFN4O2S2/c1-25-16-20-13-12(17)10(7-19-15(13)26-16)14(24)22-21-11(23)6-8-2-4-9(18)5-3-8/h2-5,7H,6H2,1H3,(H,21,23)(H,22,24). The molecule has 0 fully saturated rings. The smallest absolute Gasteiger partial charge is 0.272 e. The number of hydrogen-bond donors (Lipinski definition) is 2. The Bertz CT molecular complexity index is 978. The molecule has 0 atom stereocenters. The first-order valence-corrected chi connectivity index (χ1v) is 9.72. The zero-order valence-corrected chi connectivity index (χ0v) is 15.8. The lowest BCUT2D eigenvalue weighted by molar-refractivity contribution is -0.121. The summed E-state index contributed by atoms with van der Waals surface area (Å²) in [7, 11) is 0. The number of amides is 2. The van der Waals surface area contributed by atoms with Crippen molar-refractivity contribution < 1.29 is 14.0 Å². The molecule has 6 nitrogen and oxygen atoms in total. The van der Waals surface area contributed by atoms with Crippen molar-refractivity contribution in [2.45, 2.75) is 10.8 Å². The van der Waals surface area contributed by atoms with E-state index >= 15 is 0 Å². The molecule has 26 heavy (non-hydrogen) atoms. The number of carbonyl (C=O) groups excluding carboxylic acids is 2. The van der Waals surface area contributed by atoms with Crippen molar-refractivity contribution in [2.24, 2.45) is 0 Å². The minimum absolute atomic E-state index is 0.00521. The average Bonchev–Trinajstić information content (AvgIpc) is 3.06. The Hall–Kier alpha value is -2.23. The molecule has 0 spiro atoms. The minimum atomic E-state index is -0.601. The highest BCUT2D eigenvalue weighted by Crippen LogP contribution is 2.32. The van der Waals surface area contributed by atoms with Crippen molar-refractivity contribution in [1.82, 2.24) is 20.8 Å². The Morgan fingerprint density at radius 2 is 2.00 bits per heavy atom. The van der Waals surface area contributed by atoms with E-state index in [2.05, 4.69) is 20.8 Å². The van der Waals surface area contributed by atoms with Gasteiger partial charge in [-0.15, -0.1) is 0 Å². The zero-order chi connectivity index (χ0) is 18.7. The lowest BCUT2D eigenvalue weighted by atomic mass is 10.1. The van der Waals surface area contributed by atoms with Gasteiger partial charge in [0.1, 0.15) is 16.2 Å². The molecule has 2 aromatic heterocycles. The minimum Gasteiger partial charge on any atom is -0.273 e. The number of thioether (sulfide) groups is 1. The van der Waals surface area contributed by atoms with E-state index in [1.165, 1.54) is 53.6 Å². The molecular formula is C16H12ClFN4O2S2. The number of hydrazine groups is 1. The molecule has 0 radical (unpaired) electrons. The molecule has 10 heteroatoms. The number of pyridine rings is 1. The van der Waals surface area contributed by atoms with Gasteiger partial charge in [-0.2, -0.15) is 0 Å². The summed E-state index contributed by atoms with van der Waals surface area (Å²) >= 11 is 9.09. The van der Waals surface area contributed by atoms with Gasteiger partial charge in [0.25, 0.3) is 5.91 Å². The molecule has 0 aliphatic heterocycles. The third-order valence-corrected chi connectivity index (χ3v) is 5.69. The van der Waals surface area contributed by atoms with E-state index in [9.17, 15) is 14.0 Å². The van der Waals surface area contributed by atoms with Crippen LogP contribution in [0, 0.1) is 5.82 Å². The van der Waals surface area contributed by atoms with Crippen molar-refractivity contribution in [1.29, 1.82) is 0 Å². The van der Waals surface area contributed by atoms with Crippen LogP contribution in [-0.2, 0) is 11.2 Å². The van der Waals surface area contributed by atoms with E-state index in [4.69, 9.17) is 11.6 Å². The van der Waals surface area contributed by atoms with Crippen LogP contribution in [0.2, 0.25) is 5.02 Å². The number of aromatic nitrogens is 2. The van der Waals surface area contributed by atoms with Gasteiger partial charge >= 0.3 is 0 Å². The van der Waals surface area contributed by atoms with E-state index in [1.807, 2.05) is 6.26 Å². The van der Waals surface area contributed by atoms with E-state index in [0.717, 1.165) is 4.34 Å². The van der Waals surface area contributed by atoms with Gasteiger partial charge in [-0.1, -0.05) is 46.8 Å². The molecule has 1 aromatic carbocycles. The van der Waals surface area contributed by atoms with Gasteiger partial charge in [0.05, 0.1) is 17.0 Å². The van der Waals surface area contributed by atoms with Crippen molar-refractivity contribution >= 4 is 56.9 Å². The van der Waals surface area contributed by atoms with Crippen LogP contribution >= 0.6 is 34.7 Å². The maximum atomic E-state index is 12.9. The lowest BCUT2D eigenvalue weighted by Gasteiger charge is -2.08. The van der Waals surface area contributed by atoms with Crippen LogP contribution in [-0.4, -0.2) is 28.0 Å². The highest BCUT2D eigenvalue weighted by atomic mass is 35.5. The van der Waals surface area contributed by atoms with Crippen molar-refractivity contribution in [3.8, 4) is 0 Å². The number of thiazole rings is 1. The van der Waals surface area contributed by atoms with E-state index in [-0.39, 0.29) is 22.8 Å². The van der Waals surface area contributed by atoms with Gasteiger partial charge < -0.3 is 0 Å². The van der Waals surface area contributed by atoms with Gasteiger partial charge in [-0.25, -0.2) is 14.4 Å². The number of nitrogens with one attached hydrogen (secondary N) is 2. The maximum Gasteiger partial charge on any atom is 0.272 e. The number of benzene rings is 1. The SMILES string of the molecule is CSc1nc2c(Cl)c(C(=O)NNC(=O)Cc3ccc(F)cc3)cnc2s1. The number of carbonyl (C=O) groups is 2. The number of fused-ring (bicyclic) bond motifs is 1. The number of nitrogens with zero attached hydrogens (tertiary/aromatic N) is 2. The van der Waals surface area contributed by atoms with Gasteiger partial charge in [0.15, 0.2) is 4.34 Å². The average molecular weight is 411 g/mol. The molecule has 0 aliphatic rings. The third-order valence-electron chi connectivity index (χ3n) is 3.36. The molecule has 134 valence electrons. The quantitative estimate of drug-likeness (QED) is 0.509. The second kappa shape index (κ2) is 7.98. The van der Waals surface area contributed by atoms with Crippen LogP contribution < -0.4 is 10.9 Å². The fourth-order valence-electron chi connectivity index (χ4n) is 2.10. The fourth-order valence-corrected chi connectivity index (χ4v) is 3.83. The number of halogens is 2. The molecule has 0 bridgehead atoms. The Kier molecular flexibility index (Phi) is 5.70. The van der Waals surface area contributed by atoms with Crippen LogP contribution in [0.1, 0.15) is 15.9 Å². The summed E-state index contributed by atoms with van der Waals surface area (Å²) in [5.74, 6) is -1.43. The van der Waals surface area contributed by atoms with E-state index in [1.54, 1.807) is 0 Å². The van der Waals surface area contributed by atoms with Crippen LogP contribution in [0.5, 0.6) is 0 Å². The molecule has 2 amide bonds. The Morgan fingerprint density at radius 1 is 1.27 bits per heavy atom. The Morgan fingerprint density at radius 3 is 2.69 bits per heavy atom. The van der Waals surface area contributed by atoms with Crippen LogP contribution in [0.25, 0.3) is 10.3 Å². The van der Waals surface area contributed by atoms with Crippen LogP contribution in [0.15, 0.2) is 34.8 Å². The first-order valence-electron chi connectivity index (χ1n) is 7.30. The molecule has 0 aliphatic carbocycles. The normalized spacial score (nSPS) is 10.7. The summed E-state index contributed by atoms with van der Waals surface area (Å²) in [4.78, 5) is 33.3. The van der Waals surface area contributed by atoms with Crippen molar-refractivity contribution in [2.75, 3.05) is 6.26 Å². The zero-order valence-electron chi connectivity index (χ0n) is 13.4. The van der Waals surface area contributed by atoms with Gasteiger partial charge in [0, 0.05) is 6.20 Å². The first kappa shape index (κ1) is 18.6. The molecule has 3 rings (SSSR count). The summed E-state index contributed by atoms with van der Waals surface area (Å²) in [5.41, 5.74) is 5.76. The summed E-state index contributed by atoms with van der Waals surface area (Å²) in [6.45, 7) is 0. The lowest BCUT2D eigenvalue weighted by Crippen LogP contribution is -2.42. The summed E-state index contributed by atoms with van der Waals surface area (Å²) < 4.78 is 13.6. The van der Waals surface area contributed by atoms with Crippen LogP contribution in [0.4, 0.5) is 4.39 Å². The summed E-state index contributed by atoms with van der Waals surface area (Å²) in [6, 6.07) is 5.52. The molecule has 0 saturated carbocycles. The van der Waals surface area contributed by atoms with Gasteiger partial charge in [0.2, 0.25) is 5.91 Å². The van der Waals surface area contributed by atoms with E-state index < -0.39 is 11.8 Å². The molecule has 0 unspecified atom stereocenters. The van der Waals surface area contributed by atoms with Gasteiger partial charge in [-0.3, -0.25) is 20.4 Å². The Labute approximate surface area is 161 Å². The summed E-state index contributed by atoms with van der Waals surface area (Å²) in [6.07, 6.45) is 3.22. The molecule has 3 aromatic rings. The summed E-state index contributed by atoms with van der Waals surface area (Å²) in [5, 5.41) is 0.178. The highest BCUT2D eigenvalue weighted by Gasteiger charge is 2.17. The van der Waals surface area contributed by atoms with Crippen molar-refractivity contribution in [3.63, 3.8) is 0 Å². The first-order chi connectivity index (χ1) is 12.5. The monoisotopic (exact) mass is 410 g/mol. The van der Waals surface area contributed by atoms with Gasteiger partial charge in [-0.05, 0) is 24.0 Å². The number of hydrogen-bond acceptors (Lipinski definition) is 6. The highest BCUT2D eigenvalue weighted by molar-refractivity contribution is 8.00. The fraction of sp³-hybridized carbons (Fsp3) is 0.125. The molecular weight excluding hydrogens is 399 g/mol. The number of rotatable bonds is 4. The van der Waals surface area contributed by atoms with Crippen molar-refractivity contribution in [3.05, 3.63) is 52.4 Å². The third kappa shape index (κ3) is 4.12.